The van der Waals surface area contributed by atoms with Crippen LogP contribution in [0.15, 0.2) is 60.8 Å². The Kier molecular flexibility index (Phi) is 6.37. The molecule has 1 heterocycles. The summed E-state index contributed by atoms with van der Waals surface area (Å²) in [6.07, 6.45) is 3.55. The molecule has 5 heteroatoms. The molecule has 1 N–H and O–H groups in total. The van der Waals surface area contributed by atoms with Gasteiger partial charge in [0.2, 0.25) is 0 Å². The second-order valence-corrected chi connectivity index (χ2v) is 6.70. The molecule has 0 saturated heterocycles. The van der Waals surface area contributed by atoms with Gasteiger partial charge in [0.15, 0.2) is 0 Å². The van der Waals surface area contributed by atoms with Gasteiger partial charge >= 0.3 is 0 Å². The van der Waals surface area contributed by atoms with Gasteiger partial charge in [0.1, 0.15) is 0 Å². The van der Waals surface area contributed by atoms with E-state index in [4.69, 9.17) is 0 Å². The van der Waals surface area contributed by atoms with Crippen molar-refractivity contribution in [3.8, 4) is 0 Å². The topological polar surface area (TPSA) is 62.3 Å². The maximum atomic E-state index is 12.7. The van der Waals surface area contributed by atoms with E-state index in [1.54, 1.807) is 30.5 Å². The maximum Gasteiger partial charge on any atom is 0.255 e. The van der Waals surface area contributed by atoms with E-state index < -0.39 is 0 Å². The number of anilines is 1. The maximum absolute atomic E-state index is 12.7. The molecule has 5 nitrogen and oxygen atoms in total. The van der Waals surface area contributed by atoms with Crippen LogP contribution in [0.5, 0.6) is 0 Å². The smallest absolute Gasteiger partial charge is 0.255 e. The van der Waals surface area contributed by atoms with Gasteiger partial charge in [0.25, 0.3) is 11.8 Å². The fraction of sp³-hybridized carbons (Fsp3) is 0.261. The Bertz CT molecular complexity index is 956. The van der Waals surface area contributed by atoms with Crippen molar-refractivity contribution in [1.29, 1.82) is 0 Å². The molecular formula is C23H25N3O2. The van der Waals surface area contributed by atoms with E-state index in [2.05, 4.69) is 24.1 Å². The number of carbonyl (C=O) groups excluding carboxylic acids is 2. The zero-order valence-corrected chi connectivity index (χ0v) is 16.3. The molecule has 144 valence electrons. The van der Waals surface area contributed by atoms with Crippen molar-refractivity contribution >= 4 is 28.4 Å². The number of nitrogens with zero attached hydrogens (tertiary/aromatic N) is 2. The highest BCUT2D eigenvalue weighted by atomic mass is 16.2. The molecule has 0 saturated carbocycles. The zero-order valence-electron chi connectivity index (χ0n) is 16.3. The number of benzene rings is 2. The second kappa shape index (κ2) is 9.13. The summed E-state index contributed by atoms with van der Waals surface area (Å²) in [4.78, 5) is 31.5. The van der Waals surface area contributed by atoms with E-state index in [1.165, 1.54) is 0 Å². The monoisotopic (exact) mass is 375 g/mol. The van der Waals surface area contributed by atoms with E-state index >= 15 is 0 Å². The first-order valence-electron chi connectivity index (χ1n) is 9.68. The average Bonchev–Trinajstić information content (AvgIpc) is 2.73. The summed E-state index contributed by atoms with van der Waals surface area (Å²) >= 11 is 0. The third-order valence-electron chi connectivity index (χ3n) is 4.55. The second-order valence-electron chi connectivity index (χ2n) is 6.70. The Morgan fingerprint density at radius 1 is 0.893 bits per heavy atom. The number of nitrogens with one attached hydrogen (secondary N) is 1. The molecule has 0 fully saturated rings. The number of rotatable bonds is 7. The van der Waals surface area contributed by atoms with Gasteiger partial charge < -0.3 is 10.2 Å². The van der Waals surface area contributed by atoms with Gasteiger partial charge in [-0.15, -0.1) is 0 Å². The third kappa shape index (κ3) is 4.36. The molecule has 0 atom stereocenters. The molecule has 0 aliphatic heterocycles. The van der Waals surface area contributed by atoms with Crippen molar-refractivity contribution < 1.29 is 9.59 Å². The lowest BCUT2D eigenvalue weighted by atomic mass is 10.1. The highest BCUT2D eigenvalue weighted by molar-refractivity contribution is 6.08. The molecule has 1 aromatic heterocycles. The Balaban J connectivity index is 1.75. The average molecular weight is 375 g/mol. The van der Waals surface area contributed by atoms with Crippen molar-refractivity contribution in [3.63, 3.8) is 0 Å². The number of para-hydroxylation sites is 1. The number of hydrogen-bond donors (Lipinski definition) is 1. The number of amides is 2. The number of aromatic nitrogens is 1. The normalized spacial score (nSPS) is 10.6. The van der Waals surface area contributed by atoms with Gasteiger partial charge in [0, 0.05) is 35.8 Å². The van der Waals surface area contributed by atoms with E-state index in [0.717, 1.165) is 36.8 Å². The Labute approximate surface area is 165 Å². The minimum Gasteiger partial charge on any atom is -0.339 e. The summed E-state index contributed by atoms with van der Waals surface area (Å²) in [6, 6.07) is 16.3. The molecule has 3 rings (SSSR count). The number of carbonyl (C=O) groups is 2. The number of pyridine rings is 1. The van der Waals surface area contributed by atoms with E-state index in [9.17, 15) is 9.59 Å². The van der Waals surface area contributed by atoms with Gasteiger partial charge in [-0.1, -0.05) is 32.0 Å². The van der Waals surface area contributed by atoms with Crippen LogP contribution in [0.25, 0.3) is 10.9 Å². The number of hydrogen-bond acceptors (Lipinski definition) is 3. The summed E-state index contributed by atoms with van der Waals surface area (Å²) in [5, 5.41) is 3.88. The Hall–Kier alpha value is -3.21. The molecule has 0 radical (unpaired) electrons. The van der Waals surface area contributed by atoms with Crippen molar-refractivity contribution in [2.45, 2.75) is 26.7 Å². The van der Waals surface area contributed by atoms with Crippen LogP contribution in [0.4, 0.5) is 5.69 Å². The van der Waals surface area contributed by atoms with Crippen LogP contribution in [-0.2, 0) is 0 Å². The quantitative estimate of drug-likeness (QED) is 0.648. The fourth-order valence-corrected chi connectivity index (χ4v) is 3.20. The molecule has 2 aromatic carbocycles. The summed E-state index contributed by atoms with van der Waals surface area (Å²) in [5.74, 6) is -0.218. The van der Waals surface area contributed by atoms with Crippen LogP contribution in [-0.4, -0.2) is 34.8 Å². The highest BCUT2D eigenvalue weighted by Crippen LogP contribution is 2.21. The first kappa shape index (κ1) is 19.5. The highest BCUT2D eigenvalue weighted by Gasteiger charge is 2.15. The third-order valence-corrected chi connectivity index (χ3v) is 4.55. The Morgan fingerprint density at radius 2 is 1.54 bits per heavy atom. The van der Waals surface area contributed by atoms with Gasteiger partial charge in [-0.2, -0.15) is 0 Å². The lowest BCUT2D eigenvalue weighted by Crippen LogP contribution is -2.32. The van der Waals surface area contributed by atoms with E-state index in [0.29, 0.717) is 16.8 Å². The largest absolute Gasteiger partial charge is 0.339 e. The van der Waals surface area contributed by atoms with Gasteiger partial charge in [-0.05, 0) is 49.2 Å². The number of fused-ring (bicyclic) bond motifs is 1. The minimum atomic E-state index is -0.226. The van der Waals surface area contributed by atoms with Crippen LogP contribution >= 0.6 is 0 Å². The van der Waals surface area contributed by atoms with E-state index in [-0.39, 0.29) is 11.8 Å². The van der Waals surface area contributed by atoms with Crippen LogP contribution < -0.4 is 5.32 Å². The zero-order chi connectivity index (χ0) is 19.9. The molecule has 0 aliphatic rings. The molecular weight excluding hydrogens is 350 g/mol. The van der Waals surface area contributed by atoms with Crippen molar-refractivity contribution in [1.82, 2.24) is 9.88 Å². The standard InChI is InChI=1S/C23H25N3O2/c1-3-15-26(16-4-2)23(28)19-12-10-18(11-13-19)22(27)25-20-9-5-7-17-8-6-14-24-21(17)20/h5-14H,3-4,15-16H2,1-2H3,(H,25,27). The lowest BCUT2D eigenvalue weighted by molar-refractivity contribution is 0.0755. The first-order valence-corrected chi connectivity index (χ1v) is 9.68. The van der Waals surface area contributed by atoms with Gasteiger partial charge in [0.05, 0.1) is 11.2 Å². The van der Waals surface area contributed by atoms with Crippen LogP contribution in [0, 0.1) is 0 Å². The molecule has 2 amide bonds. The predicted octanol–water partition coefficient (Wildman–Crippen LogP) is 4.75. The van der Waals surface area contributed by atoms with Crippen LogP contribution in [0.2, 0.25) is 0 Å². The van der Waals surface area contributed by atoms with Gasteiger partial charge in [-0.3, -0.25) is 14.6 Å². The molecule has 28 heavy (non-hydrogen) atoms. The van der Waals surface area contributed by atoms with E-state index in [1.807, 2.05) is 35.2 Å². The fourth-order valence-electron chi connectivity index (χ4n) is 3.20. The van der Waals surface area contributed by atoms with Gasteiger partial charge in [-0.25, -0.2) is 0 Å². The minimum absolute atomic E-state index is 0.00825. The van der Waals surface area contributed by atoms with Crippen LogP contribution in [0.1, 0.15) is 47.4 Å². The summed E-state index contributed by atoms with van der Waals surface area (Å²) in [6.45, 7) is 5.60. The van der Waals surface area contributed by atoms with Crippen LogP contribution in [0.3, 0.4) is 0 Å². The first-order chi connectivity index (χ1) is 13.6. The SMILES string of the molecule is CCCN(CCC)C(=O)c1ccc(C(=O)Nc2cccc3cccnc23)cc1. The Morgan fingerprint density at radius 3 is 2.21 bits per heavy atom. The van der Waals surface area contributed by atoms with Crippen molar-refractivity contribution in [2.24, 2.45) is 0 Å². The predicted molar refractivity (Wildman–Crippen MR) is 113 cm³/mol. The molecule has 3 aromatic rings. The molecule has 0 aliphatic carbocycles. The molecule has 0 bridgehead atoms. The molecule has 0 unspecified atom stereocenters. The summed E-state index contributed by atoms with van der Waals surface area (Å²) in [5.41, 5.74) is 2.52. The van der Waals surface area contributed by atoms with Crippen molar-refractivity contribution in [2.75, 3.05) is 18.4 Å². The molecule has 0 spiro atoms. The summed E-state index contributed by atoms with van der Waals surface area (Å²) in [7, 11) is 0. The van der Waals surface area contributed by atoms with Crippen molar-refractivity contribution in [3.05, 3.63) is 71.9 Å². The summed E-state index contributed by atoms with van der Waals surface area (Å²) < 4.78 is 0. The lowest BCUT2D eigenvalue weighted by Gasteiger charge is -2.21.